The lowest BCUT2D eigenvalue weighted by molar-refractivity contribution is 0.705. The predicted molar refractivity (Wildman–Crippen MR) is 67.7 cm³/mol. The van der Waals surface area contributed by atoms with E-state index in [1.165, 1.54) is 25.7 Å². The van der Waals surface area contributed by atoms with Crippen LogP contribution in [0.5, 0.6) is 0 Å². The second-order valence-corrected chi connectivity index (χ2v) is 5.17. The molecule has 0 aliphatic heterocycles. The second-order valence-electron chi connectivity index (χ2n) is 5.17. The largest absolute Gasteiger partial charge is 0.353 e. The van der Waals surface area contributed by atoms with Crippen molar-refractivity contribution >= 4 is 11.8 Å². The molecule has 0 radical (unpaired) electrons. The minimum atomic E-state index is 0.507. The van der Waals surface area contributed by atoms with E-state index >= 15 is 0 Å². The molecule has 92 valence electrons. The van der Waals surface area contributed by atoms with E-state index in [1.54, 1.807) is 0 Å². The smallest absolute Gasteiger partial charge is 0.239 e. The highest BCUT2D eigenvalue weighted by Gasteiger charge is 2.35. The highest BCUT2D eigenvalue weighted by molar-refractivity contribution is 5.50. The highest BCUT2D eigenvalue weighted by atomic mass is 15.3. The zero-order chi connectivity index (χ0) is 11.8. The van der Waals surface area contributed by atoms with Crippen LogP contribution >= 0.6 is 0 Å². The number of nitrogen functional groups attached to an aromatic ring is 1. The molecular weight excluding hydrogens is 214 g/mol. The normalized spacial score (nSPS) is 19.2. The molecule has 2 saturated carbocycles. The Hall–Kier alpha value is -1.36. The van der Waals surface area contributed by atoms with Crippen molar-refractivity contribution in [2.75, 3.05) is 16.9 Å². The lowest BCUT2D eigenvalue weighted by atomic mass is 10.3. The molecule has 5 heteroatoms. The Bertz CT molecular complexity index is 411. The molecule has 5 nitrogen and oxygen atoms in total. The predicted octanol–water partition coefficient (Wildman–Crippen LogP) is 1.45. The molecule has 0 saturated heterocycles. The Kier molecular flexibility index (Phi) is 2.63. The van der Waals surface area contributed by atoms with Gasteiger partial charge >= 0.3 is 0 Å². The van der Waals surface area contributed by atoms with Crippen LogP contribution in [0.1, 0.15) is 31.2 Å². The maximum absolute atomic E-state index is 5.38. The van der Waals surface area contributed by atoms with Crippen molar-refractivity contribution in [1.82, 2.24) is 9.97 Å². The van der Waals surface area contributed by atoms with Gasteiger partial charge in [-0.15, -0.1) is 0 Å². The Morgan fingerprint density at radius 3 is 2.76 bits per heavy atom. The zero-order valence-corrected chi connectivity index (χ0v) is 10.2. The molecule has 3 rings (SSSR count). The van der Waals surface area contributed by atoms with Crippen LogP contribution in [0.25, 0.3) is 0 Å². The first kappa shape index (κ1) is 10.8. The first-order valence-electron chi connectivity index (χ1n) is 6.35. The summed E-state index contributed by atoms with van der Waals surface area (Å²) in [5.74, 6) is 7.82. The van der Waals surface area contributed by atoms with E-state index in [0.29, 0.717) is 12.0 Å². The van der Waals surface area contributed by atoms with Crippen LogP contribution in [-0.2, 0) is 0 Å². The van der Waals surface area contributed by atoms with Crippen molar-refractivity contribution in [3.05, 3.63) is 11.8 Å². The molecule has 0 spiro atoms. The van der Waals surface area contributed by atoms with Crippen LogP contribution in [0.4, 0.5) is 11.8 Å². The Morgan fingerprint density at radius 2 is 2.18 bits per heavy atom. The van der Waals surface area contributed by atoms with Crippen molar-refractivity contribution in [3.8, 4) is 0 Å². The number of nitrogens with two attached hydrogens (primary N) is 1. The van der Waals surface area contributed by atoms with Crippen LogP contribution in [0.2, 0.25) is 0 Å². The molecule has 0 amide bonds. The molecular formula is C12H19N5. The van der Waals surface area contributed by atoms with Gasteiger partial charge in [-0.05, 0) is 38.5 Å². The fourth-order valence-electron chi connectivity index (χ4n) is 2.17. The van der Waals surface area contributed by atoms with E-state index < -0.39 is 0 Å². The summed E-state index contributed by atoms with van der Waals surface area (Å²) >= 11 is 0. The summed E-state index contributed by atoms with van der Waals surface area (Å²) in [6.45, 7) is 3.21. The van der Waals surface area contributed by atoms with Gasteiger partial charge in [0.1, 0.15) is 5.82 Å². The number of nitrogens with one attached hydrogen (secondary N) is 1. The third-order valence-electron chi connectivity index (χ3n) is 3.49. The number of hydrogen-bond acceptors (Lipinski definition) is 5. The summed E-state index contributed by atoms with van der Waals surface area (Å²) in [5.41, 5.74) is 3.66. The Morgan fingerprint density at radius 1 is 1.41 bits per heavy atom. The number of hydrazine groups is 1. The first-order chi connectivity index (χ1) is 8.28. The third-order valence-corrected chi connectivity index (χ3v) is 3.49. The lowest BCUT2D eigenvalue weighted by Crippen LogP contribution is -2.30. The van der Waals surface area contributed by atoms with E-state index in [-0.39, 0.29) is 0 Å². The van der Waals surface area contributed by atoms with Gasteiger partial charge in [0.15, 0.2) is 0 Å². The molecule has 1 aromatic heterocycles. The van der Waals surface area contributed by atoms with Gasteiger partial charge < -0.3 is 4.90 Å². The van der Waals surface area contributed by atoms with Crippen molar-refractivity contribution in [2.45, 2.75) is 38.6 Å². The molecule has 1 aromatic rings. The van der Waals surface area contributed by atoms with Crippen LogP contribution in [0.3, 0.4) is 0 Å². The highest BCUT2D eigenvalue weighted by Crippen LogP contribution is 2.38. The SMILES string of the molecule is Cc1cnc(NN)nc1N(CC1CC1)C1CC1. The van der Waals surface area contributed by atoms with Crippen LogP contribution in [-0.4, -0.2) is 22.6 Å². The maximum Gasteiger partial charge on any atom is 0.239 e. The van der Waals surface area contributed by atoms with Gasteiger partial charge in [0, 0.05) is 24.3 Å². The summed E-state index contributed by atoms with van der Waals surface area (Å²) in [6, 6.07) is 0.690. The molecule has 2 aliphatic carbocycles. The van der Waals surface area contributed by atoms with Crippen molar-refractivity contribution < 1.29 is 0 Å². The first-order valence-corrected chi connectivity index (χ1v) is 6.35. The lowest BCUT2D eigenvalue weighted by Gasteiger charge is -2.25. The van der Waals surface area contributed by atoms with Gasteiger partial charge in [-0.1, -0.05) is 0 Å². The minimum Gasteiger partial charge on any atom is -0.353 e. The van der Waals surface area contributed by atoms with E-state index in [1.807, 2.05) is 6.20 Å². The van der Waals surface area contributed by atoms with Crippen LogP contribution in [0, 0.1) is 12.8 Å². The average molecular weight is 233 g/mol. The standard InChI is InChI=1S/C12H19N5/c1-8-6-14-12(16-13)15-11(8)17(10-4-5-10)7-9-2-3-9/h6,9-10H,2-5,7,13H2,1H3,(H,14,15,16). The van der Waals surface area contributed by atoms with E-state index in [0.717, 1.165) is 23.8 Å². The summed E-state index contributed by atoms with van der Waals surface area (Å²) < 4.78 is 0. The van der Waals surface area contributed by atoms with Gasteiger partial charge in [-0.3, -0.25) is 5.43 Å². The molecule has 1 heterocycles. The van der Waals surface area contributed by atoms with E-state index in [9.17, 15) is 0 Å². The van der Waals surface area contributed by atoms with Crippen molar-refractivity contribution in [3.63, 3.8) is 0 Å². The monoisotopic (exact) mass is 233 g/mol. The van der Waals surface area contributed by atoms with Gasteiger partial charge in [0.2, 0.25) is 5.95 Å². The topological polar surface area (TPSA) is 67.1 Å². The fraction of sp³-hybridized carbons (Fsp3) is 0.667. The molecule has 17 heavy (non-hydrogen) atoms. The summed E-state index contributed by atoms with van der Waals surface area (Å²) in [7, 11) is 0. The Balaban J connectivity index is 1.87. The number of hydrogen-bond donors (Lipinski definition) is 2. The van der Waals surface area contributed by atoms with Gasteiger partial charge in [-0.25, -0.2) is 10.8 Å². The summed E-state index contributed by atoms with van der Waals surface area (Å²) in [4.78, 5) is 11.1. The maximum atomic E-state index is 5.38. The molecule has 0 bridgehead atoms. The van der Waals surface area contributed by atoms with Crippen molar-refractivity contribution in [2.24, 2.45) is 11.8 Å². The van der Waals surface area contributed by atoms with Crippen molar-refractivity contribution in [1.29, 1.82) is 0 Å². The molecule has 2 fully saturated rings. The Labute approximate surface area is 101 Å². The van der Waals surface area contributed by atoms with Gasteiger partial charge in [0.25, 0.3) is 0 Å². The molecule has 0 unspecified atom stereocenters. The number of nitrogens with zero attached hydrogens (tertiary/aromatic N) is 3. The summed E-state index contributed by atoms with van der Waals surface area (Å²) in [6.07, 6.45) is 7.17. The van der Waals surface area contributed by atoms with Gasteiger partial charge in [-0.2, -0.15) is 4.98 Å². The quantitative estimate of drug-likeness (QED) is 0.595. The van der Waals surface area contributed by atoms with E-state index in [2.05, 4.69) is 27.2 Å². The number of aryl methyl sites for hydroxylation is 1. The molecule has 0 atom stereocenters. The zero-order valence-electron chi connectivity index (χ0n) is 10.2. The third kappa shape index (κ3) is 2.34. The van der Waals surface area contributed by atoms with Crippen LogP contribution < -0.4 is 16.2 Å². The average Bonchev–Trinajstić information content (AvgIpc) is 3.19. The number of aromatic nitrogens is 2. The molecule has 2 aliphatic rings. The minimum absolute atomic E-state index is 0.507. The number of rotatable bonds is 5. The van der Waals surface area contributed by atoms with Crippen LogP contribution in [0.15, 0.2) is 6.20 Å². The van der Waals surface area contributed by atoms with Gasteiger partial charge in [0.05, 0.1) is 0 Å². The summed E-state index contributed by atoms with van der Waals surface area (Å²) in [5, 5.41) is 0. The molecule has 0 aromatic carbocycles. The second kappa shape index (κ2) is 4.14. The fourth-order valence-corrected chi connectivity index (χ4v) is 2.17. The molecule has 3 N–H and O–H groups in total. The number of anilines is 2. The van der Waals surface area contributed by atoms with E-state index in [4.69, 9.17) is 5.84 Å².